The number of rotatable bonds is 11. The quantitative estimate of drug-likeness (QED) is 0.545. The first-order chi connectivity index (χ1) is 14.0. The number of nitrogens with zero attached hydrogens (tertiary/aromatic N) is 2. The van der Waals surface area contributed by atoms with Crippen molar-refractivity contribution < 1.29 is 19.1 Å². The van der Waals surface area contributed by atoms with Gasteiger partial charge in [-0.1, -0.05) is 25.1 Å². The van der Waals surface area contributed by atoms with Crippen LogP contribution in [0.5, 0.6) is 0 Å². The normalized spacial score (nSPS) is 10.4. The van der Waals surface area contributed by atoms with Crippen molar-refractivity contribution in [3.8, 4) is 0 Å². The summed E-state index contributed by atoms with van der Waals surface area (Å²) in [5, 5.41) is 7.63. The molecule has 29 heavy (non-hydrogen) atoms. The first-order valence-corrected chi connectivity index (χ1v) is 10.3. The predicted octanol–water partition coefficient (Wildman–Crippen LogP) is 2.22. The highest BCUT2D eigenvalue weighted by atomic mass is 32.1. The third-order valence-electron chi connectivity index (χ3n) is 4.14. The largest absolute Gasteiger partial charge is 0.383 e. The topological polar surface area (TPSA) is 101 Å². The zero-order chi connectivity index (χ0) is 21.1. The number of nitrogens with one attached hydrogen (secondary N) is 2. The van der Waals surface area contributed by atoms with Crippen molar-refractivity contribution in [1.29, 1.82) is 0 Å². The second-order valence-corrected chi connectivity index (χ2v) is 7.08. The minimum absolute atomic E-state index is 0.00843. The van der Waals surface area contributed by atoms with E-state index in [-0.39, 0.29) is 37.1 Å². The van der Waals surface area contributed by atoms with Crippen LogP contribution in [0.25, 0.3) is 0 Å². The Morgan fingerprint density at radius 3 is 2.66 bits per heavy atom. The Bertz CT molecular complexity index is 811. The van der Waals surface area contributed by atoms with Gasteiger partial charge in [0.25, 0.3) is 0 Å². The molecule has 0 bridgehead atoms. The summed E-state index contributed by atoms with van der Waals surface area (Å²) in [7, 11) is 1.55. The van der Waals surface area contributed by atoms with Crippen LogP contribution < -0.4 is 15.5 Å². The van der Waals surface area contributed by atoms with E-state index in [0.717, 1.165) is 12.0 Å². The van der Waals surface area contributed by atoms with Crippen LogP contribution in [0.4, 0.5) is 10.8 Å². The Kier molecular flexibility index (Phi) is 9.26. The highest BCUT2D eigenvalue weighted by Gasteiger charge is 2.22. The Morgan fingerprint density at radius 1 is 1.17 bits per heavy atom. The summed E-state index contributed by atoms with van der Waals surface area (Å²) in [6.07, 6.45) is 2.31. The molecule has 0 aliphatic carbocycles. The summed E-state index contributed by atoms with van der Waals surface area (Å²) in [6, 6.07) is 7.46. The van der Waals surface area contributed by atoms with E-state index in [4.69, 9.17) is 4.74 Å². The maximum atomic E-state index is 12.9. The van der Waals surface area contributed by atoms with Gasteiger partial charge in [0, 0.05) is 43.8 Å². The van der Waals surface area contributed by atoms with Crippen molar-refractivity contribution in [2.24, 2.45) is 0 Å². The lowest BCUT2D eigenvalue weighted by Crippen LogP contribution is -2.42. The molecule has 0 aliphatic rings. The average Bonchev–Trinajstić information content (AvgIpc) is 3.23. The average molecular weight is 419 g/mol. The molecule has 1 aromatic carbocycles. The molecule has 0 unspecified atom stereocenters. The number of hydrogen-bond acceptors (Lipinski definition) is 6. The van der Waals surface area contributed by atoms with Crippen molar-refractivity contribution in [2.75, 3.05) is 37.0 Å². The SMILES string of the molecule is CCc1ccccc1N(CC(=O)NCCOC)C(=O)CCC(=O)Nc1nccs1. The molecule has 0 radical (unpaired) electrons. The fourth-order valence-electron chi connectivity index (χ4n) is 2.70. The lowest BCUT2D eigenvalue weighted by Gasteiger charge is -2.24. The number of carbonyl (C=O) groups excluding carboxylic acids is 3. The van der Waals surface area contributed by atoms with Gasteiger partial charge in [0.2, 0.25) is 17.7 Å². The maximum absolute atomic E-state index is 12.9. The Hall–Kier alpha value is -2.78. The van der Waals surface area contributed by atoms with Crippen LogP contribution in [0.1, 0.15) is 25.3 Å². The minimum Gasteiger partial charge on any atom is -0.383 e. The molecule has 0 saturated heterocycles. The van der Waals surface area contributed by atoms with Gasteiger partial charge in [-0.2, -0.15) is 0 Å². The molecule has 2 rings (SSSR count). The van der Waals surface area contributed by atoms with E-state index >= 15 is 0 Å². The molecule has 0 aliphatic heterocycles. The van der Waals surface area contributed by atoms with Crippen LogP contribution >= 0.6 is 11.3 Å². The Balaban J connectivity index is 2.05. The molecule has 0 atom stereocenters. The van der Waals surface area contributed by atoms with E-state index in [2.05, 4.69) is 15.6 Å². The van der Waals surface area contributed by atoms with Gasteiger partial charge < -0.3 is 20.3 Å². The number of carbonyl (C=O) groups is 3. The summed E-state index contributed by atoms with van der Waals surface area (Å²) in [5.41, 5.74) is 1.64. The standard InChI is InChI=1S/C20H26N4O4S/c1-3-15-6-4-5-7-16(15)24(14-18(26)21-10-12-28-2)19(27)9-8-17(25)23-20-22-11-13-29-20/h4-7,11,13H,3,8-10,12,14H2,1-2H3,(H,21,26)(H,22,23,25). The van der Waals surface area contributed by atoms with Gasteiger partial charge in [0.1, 0.15) is 6.54 Å². The van der Waals surface area contributed by atoms with Crippen LogP contribution in [0.3, 0.4) is 0 Å². The number of ether oxygens (including phenoxy) is 1. The van der Waals surface area contributed by atoms with Gasteiger partial charge in [0.15, 0.2) is 5.13 Å². The summed E-state index contributed by atoms with van der Waals surface area (Å²) in [5.74, 6) is -0.864. The van der Waals surface area contributed by atoms with Gasteiger partial charge in [0.05, 0.1) is 6.61 Å². The fourth-order valence-corrected chi connectivity index (χ4v) is 3.24. The summed E-state index contributed by atoms with van der Waals surface area (Å²) < 4.78 is 4.93. The fraction of sp³-hybridized carbons (Fsp3) is 0.400. The number of methoxy groups -OCH3 is 1. The summed E-state index contributed by atoms with van der Waals surface area (Å²) >= 11 is 1.31. The molecule has 3 amide bonds. The van der Waals surface area contributed by atoms with Crippen LogP contribution in [0, 0.1) is 0 Å². The Labute approximate surface area is 174 Å². The molecule has 0 saturated carbocycles. The molecule has 8 nitrogen and oxygen atoms in total. The third-order valence-corrected chi connectivity index (χ3v) is 4.83. The van der Waals surface area contributed by atoms with E-state index in [1.165, 1.54) is 16.2 Å². The number of hydrogen-bond donors (Lipinski definition) is 2. The van der Waals surface area contributed by atoms with Crippen molar-refractivity contribution in [2.45, 2.75) is 26.2 Å². The monoisotopic (exact) mass is 418 g/mol. The molecular weight excluding hydrogens is 392 g/mol. The molecule has 0 spiro atoms. The second kappa shape index (κ2) is 11.9. The van der Waals surface area contributed by atoms with Gasteiger partial charge in [-0.05, 0) is 18.1 Å². The number of thiazole rings is 1. The van der Waals surface area contributed by atoms with E-state index in [1.807, 2.05) is 31.2 Å². The molecule has 2 aromatic rings. The van der Waals surface area contributed by atoms with Crippen molar-refractivity contribution in [3.05, 3.63) is 41.4 Å². The molecule has 1 aromatic heterocycles. The first-order valence-electron chi connectivity index (χ1n) is 9.38. The number of aryl methyl sites for hydroxylation is 1. The van der Waals surface area contributed by atoms with E-state index < -0.39 is 0 Å². The number of amides is 3. The van der Waals surface area contributed by atoms with Crippen LogP contribution in [0.2, 0.25) is 0 Å². The highest BCUT2D eigenvalue weighted by Crippen LogP contribution is 2.22. The highest BCUT2D eigenvalue weighted by molar-refractivity contribution is 7.13. The van der Waals surface area contributed by atoms with Gasteiger partial charge in [-0.3, -0.25) is 14.4 Å². The Morgan fingerprint density at radius 2 is 1.97 bits per heavy atom. The van der Waals surface area contributed by atoms with Gasteiger partial charge in [-0.25, -0.2) is 4.98 Å². The van der Waals surface area contributed by atoms with Gasteiger partial charge >= 0.3 is 0 Å². The van der Waals surface area contributed by atoms with E-state index in [0.29, 0.717) is 24.0 Å². The lowest BCUT2D eigenvalue weighted by atomic mass is 10.1. The number of anilines is 2. The molecular formula is C20H26N4O4S. The minimum atomic E-state index is -0.290. The maximum Gasteiger partial charge on any atom is 0.240 e. The summed E-state index contributed by atoms with van der Waals surface area (Å²) in [4.78, 5) is 42.7. The zero-order valence-electron chi connectivity index (χ0n) is 16.6. The first kappa shape index (κ1) is 22.5. The number of para-hydroxylation sites is 1. The van der Waals surface area contributed by atoms with Crippen molar-refractivity contribution in [1.82, 2.24) is 10.3 Å². The lowest BCUT2D eigenvalue weighted by molar-refractivity contribution is -0.125. The molecule has 0 fully saturated rings. The van der Waals surface area contributed by atoms with Crippen molar-refractivity contribution in [3.63, 3.8) is 0 Å². The molecule has 156 valence electrons. The van der Waals surface area contributed by atoms with Gasteiger partial charge in [-0.15, -0.1) is 11.3 Å². The molecule has 1 heterocycles. The molecule has 9 heteroatoms. The van der Waals surface area contributed by atoms with E-state index in [9.17, 15) is 14.4 Å². The van der Waals surface area contributed by atoms with Crippen molar-refractivity contribution >= 4 is 39.9 Å². The zero-order valence-corrected chi connectivity index (χ0v) is 17.5. The van der Waals surface area contributed by atoms with Crippen LogP contribution in [0.15, 0.2) is 35.8 Å². The van der Waals surface area contributed by atoms with Crippen LogP contribution in [-0.2, 0) is 25.5 Å². The second-order valence-electron chi connectivity index (χ2n) is 6.19. The van der Waals surface area contributed by atoms with E-state index in [1.54, 1.807) is 18.7 Å². The third kappa shape index (κ3) is 7.28. The van der Waals surface area contributed by atoms with Crippen LogP contribution in [-0.4, -0.2) is 49.5 Å². The smallest absolute Gasteiger partial charge is 0.240 e. The summed E-state index contributed by atoms with van der Waals surface area (Å²) in [6.45, 7) is 2.63. The number of aromatic nitrogens is 1. The molecule has 2 N–H and O–H groups in total. The number of benzene rings is 1. The predicted molar refractivity (Wildman–Crippen MR) is 113 cm³/mol.